The van der Waals surface area contributed by atoms with Gasteiger partial charge < -0.3 is 24.8 Å². The first kappa shape index (κ1) is 18.8. The molecular weight excluding hydrogens is 340 g/mol. The molecule has 2 aliphatic carbocycles. The van der Waals surface area contributed by atoms with Crippen LogP contribution < -0.4 is 0 Å². The summed E-state index contributed by atoms with van der Waals surface area (Å²) in [5.74, 6) is -2.22. The van der Waals surface area contributed by atoms with Gasteiger partial charge in [-0.2, -0.15) is 0 Å². The molecule has 3 aliphatic rings. The first-order chi connectivity index (χ1) is 12.1. The first-order valence-corrected chi connectivity index (χ1v) is 8.55. The Balaban J connectivity index is 2.01. The van der Waals surface area contributed by atoms with Gasteiger partial charge >= 0.3 is 11.9 Å². The van der Waals surface area contributed by atoms with Crippen LogP contribution in [-0.2, 0) is 19.1 Å². The lowest BCUT2D eigenvalue weighted by molar-refractivity contribution is -0.188. The Morgan fingerprint density at radius 1 is 1.46 bits per heavy atom. The van der Waals surface area contributed by atoms with Gasteiger partial charge in [-0.25, -0.2) is 9.59 Å². The minimum atomic E-state index is -1.09. The molecule has 142 valence electrons. The Morgan fingerprint density at radius 3 is 2.73 bits per heavy atom. The van der Waals surface area contributed by atoms with E-state index >= 15 is 0 Å². The molecule has 0 aromatic heterocycles. The molecule has 7 nitrogen and oxygen atoms in total. The zero-order valence-corrected chi connectivity index (χ0v) is 14.8. The number of aliphatic hydroxyl groups excluding tert-OH is 3. The van der Waals surface area contributed by atoms with Crippen LogP contribution in [0.4, 0.5) is 0 Å². The normalized spacial score (nSPS) is 41.7. The molecule has 0 radical (unpaired) electrons. The third-order valence-electron chi connectivity index (χ3n) is 5.96. The predicted molar refractivity (Wildman–Crippen MR) is 90.6 cm³/mol. The summed E-state index contributed by atoms with van der Waals surface area (Å²) in [6, 6.07) is 0. The van der Waals surface area contributed by atoms with E-state index in [1.54, 1.807) is 13.0 Å². The van der Waals surface area contributed by atoms with E-state index in [4.69, 9.17) is 14.6 Å². The van der Waals surface area contributed by atoms with Gasteiger partial charge in [-0.3, -0.25) is 0 Å². The molecule has 0 amide bonds. The summed E-state index contributed by atoms with van der Waals surface area (Å²) >= 11 is 0. The number of ether oxygens (including phenoxy) is 2. The number of carbonyl (C=O) groups excluding carboxylic acids is 2. The summed E-state index contributed by atoms with van der Waals surface area (Å²) in [6.07, 6.45) is -1.84. The van der Waals surface area contributed by atoms with E-state index in [0.717, 1.165) is 5.57 Å². The topological polar surface area (TPSA) is 113 Å². The van der Waals surface area contributed by atoms with Crippen molar-refractivity contribution in [2.45, 2.75) is 44.7 Å². The zero-order chi connectivity index (χ0) is 19.4. The van der Waals surface area contributed by atoms with Crippen LogP contribution in [0.1, 0.15) is 20.3 Å². The number of esters is 2. The highest BCUT2D eigenvalue weighted by Gasteiger charge is 2.63. The second kappa shape index (κ2) is 6.33. The average molecular weight is 364 g/mol. The third kappa shape index (κ3) is 2.62. The molecule has 1 saturated heterocycles. The summed E-state index contributed by atoms with van der Waals surface area (Å²) in [5.41, 5.74) is 0.0525. The molecule has 0 unspecified atom stereocenters. The van der Waals surface area contributed by atoms with Crippen molar-refractivity contribution in [1.29, 1.82) is 0 Å². The van der Waals surface area contributed by atoms with Gasteiger partial charge in [0.25, 0.3) is 0 Å². The fraction of sp³-hybridized carbons (Fsp3) is 0.579. The van der Waals surface area contributed by atoms with Gasteiger partial charge in [-0.15, -0.1) is 0 Å². The van der Waals surface area contributed by atoms with Crippen LogP contribution in [-0.4, -0.2) is 58.3 Å². The van der Waals surface area contributed by atoms with Crippen LogP contribution in [0.25, 0.3) is 0 Å². The molecule has 1 aliphatic heterocycles. The SMILES string of the molecule is C=C(CO)C(=O)O[C@H]1[C@H](O)C=C(C)[C@@H]2[C@H]3OC(=O)C(=C)[C@@H]3[C@@H](O)C[C@]21C. The Bertz CT molecular complexity index is 709. The van der Waals surface area contributed by atoms with Gasteiger partial charge in [0, 0.05) is 16.9 Å². The molecule has 0 bridgehead atoms. The Hall–Kier alpha value is -1.96. The van der Waals surface area contributed by atoms with E-state index in [9.17, 15) is 19.8 Å². The highest BCUT2D eigenvalue weighted by molar-refractivity contribution is 5.91. The maximum atomic E-state index is 12.1. The average Bonchev–Trinajstić information content (AvgIpc) is 2.85. The quantitative estimate of drug-likeness (QED) is 0.374. The number of hydrogen-bond acceptors (Lipinski definition) is 7. The van der Waals surface area contributed by atoms with Crippen molar-refractivity contribution >= 4 is 11.9 Å². The lowest BCUT2D eigenvalue weighted by Gasteiger charge is -2.54. The smallest absolute Gasteiger partial charge is 0.336 e. The van der Waals surface area contributed by atoms with E-state index in [1.165, 1.54) is 0 Å². The number of fused-ring (bicyclic) bond motifs is 3. The Kier molecular flexibility index (Phi) is 4.58. The molecule has 7 atom stereocenters. The Labute approximate surface area is 151 Å². The van der Waals surface area contributed by atoms with Crippen LogP contribution in [0.3, 0.4) is 0 Å². The molecule has 7 heteroatoms. The van der Waals surface area contributed by atoms with Crippen molar-refractivity contribution < 1.29 is 34.4 Å². The molecule has 0 aromatic carbocycles. The molecule has 2 fully saturated rings. The highest BCUT2D eigenvalue weighted by Crippen LogP contribution is 2.57. The molecule has 26 heavy (non-hydrogen) atoms. The van der Waals surface area contributed by atoms with E-state index in [0.29, 0.717) is 0 Å². The van der Waals surface area contributed by atoms with Crippen molar-refractivity contribution in [3.05, 3.63) is 36.0 Å². The van der Waals surface area contributed by atoms with Gasteiger partial charge in [0.1, 0.15) is 18.3 Å². The second-order valence-electron chi connectivity index (χ2n) is 7.66. The predicted octanol–water partition coefficient (Wildman–Crippen LogP) is 0.252. The molecule has 0 spiro atoms. The minimum absolute atomic E-state index is 0.126. The fourth-order valence-corrected chi connectivity index (χ4v) is 4.80. The molecule has 1 heterocycles. The van der Waals surface area contributed by atoms with Crippen LogP contribution in [0.2, 0.25) is 0 Å². The molecule has 1 saturated carbocycles. The standard InChI is InChI=1S/C19H24O7/c1-8-5-11(21)16(26-17(23)9(2)7-20)19(4)6-12(22)13-10(3)18(24)25-15(13)14(8)19/h5,11-16,20-22H,2-3,6-7H2,1,4H3/t11-,12+,13-,14-,15+,16+,19-/m1/s1. The van der Waals surface area contributed by atoms with Crippen molar-refractivity contribution in [3.63, 3.8) is 0 Å². The lowest BCUT2D eigenvalue weighted by atomic mass is 9.54. The monoisotopic (exact) mass is 364 g/mol. The van der Waals surface area contributed by atoms with Crippen LogP contribution in [0, 0.1) is 17.3 Å². The molecule has 3 rings (SSSR count). The summed E-state index contributed by atoms with van der Waals surface area (Å²) < 4.78 is 11.0. The van der Waals surface area contributed by atoms with Crippen LogP contribution >= 0.6 is 0 Å². The second-order valence-corrected chi connectivity index (χ2v) is 7.66. The maximum absolute atomic E-state index is 12.1. The molecule has 0 aromatic rings. The molecule has 3 N–H and O–H groups in total. The maximum Gasteiger partial charge on any atom is 0.336 e. The van der Waals surface area contributed by atoms with Gasteiger partial charge in [0.2, 0.25) is 0 Å². The number of carbonyl (C=O) groups is 2. The van der Waals surface area contributed by atoms with Crippen molar-refractivity contribution in [2.24, 2.45) is 17.3 Å². The number of hydrogen-bond donors (Lipinski definition) is 3. The number of aliphatic hydroxyl groups is 3. The minimum Gasteiger partial charge on any atom is -0.458 e. The fourth-order valence-electron chi connectivity index (χ4n) is 4.80. The van der Waals surface area contributed by atoms with Gasteiger partial charge in [0.15, 0.2) is 0 Å². The third-order valence-corrected chi connectivity index (χ3v) is 5.96. The highest BCUT2D eigenvalue weighted by atomic mass is 16.6. The van der Waals surface area contributed by atoms with E-state index in [-0.39, 0.29) is 23.5 Å². The van der Waals surface area contributed by atoms with Gasteiger partial charge in [-0.1, -0.05) is 31.7 Å². The summed E-state index contributed by atoms with van der Waals surface area (Å²) in [6.45, 7) is 10.2. The zero-order valence-electron chi connectivity index (χ0n) is 14.8. The van der Waals surface area contributed by atoms with Crippen LogP contribution in [0.15, 0.2) is 36.0 Å². The van der Waals surface area contributed by atoms with Gasteiger partial charge in [-0.05, 0) is 13.3 Å². The van der Waals surface area contributed by atoms with Crippen molar-refractivity contribution in [3.8, 4) is 0 Å². The molecular formula is C19H24O7. The lowest BCUT2D eigenvalue weighted by Crippen LogP contribution is -2.61. The van der Waals surface area contributed by atoms with Crippen molar-refractivity contribution in [1.82, 2.24) is 0 Å². The van der Waals surface area contributed by atoms with E-state index in [1.807, 2.05) is 6.92 Å². The first-order valence-electron chi connectivity index (χ1n) is 8.55. The number of rotatable bonds is 3. The summed E-state index contributed by atoms with van der Waals surface area (Å²) in [7, 11) is 0. The summed E-state index contributed by atoms with van der Waals surface area (Å²) in [4.78, 5) is 24.1. The van der Waals surface area contributed by atoms with Gasteiger partial charge in [0.05, 0.1) is 24.2 Å². The Morgan fingerprint density at radius 2 is 2.12 bits per heavy atom. The van der Waals surface area contributed by atoms with E-state index < -0.39 is 54.3 Å². The summed E-state index contributed by atoms with van der Waals surface area (Å²) in [5, 5.41) is 30.3. The largest absolute Gasteiger partial charge is 0.458 e. The van der Waals surface area contributed by atoms with Crippen LogP contribution in [0.5, 0.6) is 0 Å². The van der Waals surface area contributed by atoms with Crippen molar-refractivity contribution in [2.75, 3.05) is 6.61 Å². The van der Waals surface area contributed by atoms with E-state index in [2.05, 4.69) is 13.2 Å².